The predicted molar refractivity (Wildman–Crippen MR) is 77.7 cm³/mol. The number of allylic oxidation sites excluding steroid dienone is 2. The number of amides is 1. The number of ether oxygens (including phenoxy) is 2. The minimum absolute atomic E-state index is 0.000262. The number of rotatable bonds is 3. The van der Waals surface area contributed by atoms with Crippen molar-refractivity contribution in [2.75, 3.05) is 13.7 Å². The largest absolute Gasteiger partial charge is 0.462 e. The first kappa shape index (κ1) is 14.8. The lowest BCUT2D eigenvalue weighted by Gasteiger charge is -2.19. The van der Waals surface area contributed by atoms with E-state index in [4.69, 9.17) is 4.74 Å². The van der Waals surface area contributed by atoms with Crippen LogP contribution in [0.2, 0.25) is 0 Å². The molecule has 1 heterocycles. The summed E-state index contributed by atoms with van der Waals surface area (Å²) in [6.45, 7) is 2.12. The van der Waals surface area contributed by atoms with Gasteiger partial charge in [0, 0.05) is 18.3 Å². The maximum absolute atomic E-state index is 11.7. The Morgan fingerprint density at radius 1 is 1.24 bits per heavy atom. The number of esters is 1. The van der Waals surface area contributed by atoms with Crippen molar-refractivity contribution in [3.8, 4) is 0 Å². The van der Waals surface area contributed by atoms with E-state index >= 15 is 0 Å². The number of nitrogens with zero attached hydrogens (tertiary/aromatic N) is 1. The monoisotopic (exact) mass is 287 g/mol. The van der Waals surface area contributed by atoms with Crippen LogP contribution in [0.1, 0.15) is 28.8 Å². The van der Waals surface area contributed by atoms with Gasteiger partial charge >= 0.3 is 12.1 Å². The first-order valence-corrected chi connectivity index (χ1v) is 6.65. The van der Waals surface area contributed by atoms with Crippen molar-refractivity contribution in [3.05, 3.63) is 59.9 Å². The third kappa shape index (κ3) is 3.51. The molecule has 5 nitrogen and oxygen atoms in total. The van der Waals surface area contributed by atoms with E-state index < -0.39 is 6.09 Å². The van der Waals surface area contributed by atoms with Crippen LogP contribution in [0.4, 0.5) is 4.79 Å². The zero-order chi connectivity index (χ0) is 15.2. The Morgan fingerprint density at radius 2 is 1.95 bits per heavy atom. The zero-order valence-electron chi connectivity index (χ0n) is 12.0. The number of hydrogen-bond acceptors (Lipinski definition) is 4. The van der Waals surface area contributed by atoms with E-state index in [0.717, 1.165) is 5.56 Å². The van der Waals surface area contributed by atoms with Crippen molar-refractivity contribution in [1.82, 2.24) is 4.90 Å². The Balaban J connectivity index is 2.14. The van der Waals surface area contributed by atoms with Gasteiger partial charge in [0.15, 0.2) is 0 Å². The molecule has 0 fully saturated rings. The molecule has 0 saturated carbocycles. The van der Waals surface area contributed by atoms with Crippen molar-refractivity contribution in [3.63, 3.8) is 0 Å². The lowest BCUT2D eigenvalue weighted by Crippen LogP contribution is -2.21. The average molecular weight is 287 g/mol. The molecule has 0 atom stereocenters. The quantitative estimate of drug-likeness (QED) is 0.802. The molecule has 1 aromatic carbocycles. The summed E-state index contributed by atoms with van der Waals surface area (Å²) >= 11 is 0. The highest BCUT2D eigenvalue weighted by atomic mass is 16.5. The van der Waals surface area contributed by atoms with Crippen LogP contribution in [0.25, 0.3) is 0 Å². The second kappa shape index (κ2) is 6.74. The highest BCUT2D eigenvalue weighted by Gasteiger charge is 2.15. The van der Waals surface area contributed by atoms with Gasteiger partial charge in [0.2, 0.25) is 0 Å². The molecular weight excluding hydrogens is 270 g/mol. The van der Waals surface area contributed by atoms with Crippen LogP contribution in [-0.2, 0) is 9.47 Å². The molecule has 0 spiro atoms. The maximum Gasteiger partial charge on any atom is 0.417 e. The third-order valence-electron chi connectivity index (χ3n) is 3.08. The fourth-order valence-electron chi connectivity index (χ4n) is 2.02. The van der Waals surface area contributed by atoms with E-state index in [0.29, 0.717) is 12.2 Å². The fourth-order valence-corrected chi connectivity index (χ4v) is 2.02. The Morgan fingerprint density at radius 3 is 2.57 bits per heavy atom. The number of benzene rings is 1. The first-order valence-electron chi connectivity index (χ1n) is 6.65. The van der Waals surface area contributed by atoms with Crippen LogP contribution < -0.4 is 0 Å². The second-order valence-electron chi connectivity index (χ2n) is 4.43. The van der Waals surface area contributed by atoms with E-state index in [2.05, 4.69) is 4.74 Å². The summed E-state index contributed by atoms with van der Waals surface area (Å²) in [6, 6.07) is 7.26. The molecule has 0 aliphatic carbocycles. The van der Waals surface area contributed by atoms with E-state index in [1.165, 1.54) is 12.0 Å². The van der Waals surface area contributed by atoms with Crippen LogP contribution >= 0.6 is 0 Å². The molecule has 21 heavy (non-hydrogen) atoms. The van der Waals surface area contributed by atoms with Crippen LogP contribution in [0, 0.1) is 0 Å². The standard InChI is InChI=1S/C16H17NO4/c1-3-21-15(18)14-6-4-5-13(11-14)12-7-9-17(10-8-12)16(19)20-2/h4-12H,3H2,1-2H3. The second-order valence-corrected chi connectivity index (χ2v) is 4.43. The smallest absolute Gasteiger partial charge is 0.417 e. The van der Waals surface area contributed by atoms with Gasteiger partial charge in [-0.25, -0.2) is 9.59 Å². The topological polar surface area (TPSA) is 55.8 Å². The van der Waals surface area contributed by atoms with Gasteiger partial charge in [0.1, 0.15) is 0 Å². The molecular formula is C16H17NO4. The van der Waals surface area contributed by atoms with Crippen LogP contribution in [0.3, 0.4) is 0 Å². The molecule has 1 aliphatic rings. The summed E-state index contributed by atoms with van der Waals surface area (Å²) in [5.74, 6) is -0.334. The summed E-state index contributed by atoms with van der Waals surface area (Å²) in [7, 11) is 1.33. The van der Waals surface area contributed by atoms with Crippen molar-refractivity contribution >= 4 is 12.1 Å². The molecule has 1 aliphatic heterocycles. The molecule has 1 aromatic rings. The highest BCUT2D eigenvalue weighted by molar-refractivity contribution is 5.89. The number of hydrogen-bond donors (Lipinski definition) is 0. The van der Waals surface area contributed by atoms with Crippen molar-refractivity contribution in [2.24, 2.45) is 0 Å². The Bertz CT molecular complexity index is 578. The summed E-state index contributed by atoms with van der Waals surface area (Å²) in [6.07, 6.45) is 6.57. The number of methoxy groups -OCH3 is 1. The van der Waals surface area contributed by atoms with Gasteiger partial charge in [-0.05, 0) is 24.6 Å². The van der Waals surface area contributed by atoms with Gasteiger partial charge in [0.25, 0.3) is 0 Å². The minimum atomic E-state index is -0.443. The molecule has 5 heteroatoms. The van der Waals surface area contributed by atoms with Crippen molar-refractivity contribution < 1.29 is 19.1 Å². The summed E-state index contributed by atoms with van der Waals surface area (Å²) in [4.78, 5) is 24.5. The average Bonchev–Trinajstić information content (AvgIpc) is 2.54. The van der Waals surface area contributed by atoms with Gasteiger partial charge in [-0.3, -0.25) is 4.90 Å². The predicted octanol–water partition coefficient (Wildman–Crippen LogP) is 3.06. The number of carbonyl (C=O) groups excluding carboxylic acids is 2. The van der Waals surface area contributed by atoms with E-state index in [9.17, 15) is 9.59 Å². The molecule has 0 saturated heterocycles. The highest BCUT2D eigenvalue weighted by Crippen LogP contribution is 2.24. The molecule has 0 bridgehead atoms. The molecule has 110 valence electrons. The van der Waals surface area contributed by atoms with Gasteiger partial charge in [-0.15, -0.1) is 0 Å². The molecule has 0 unspecified atom stereocenters. The Kier molecular flexibility index (Phi) is 4.77. The van der Waals surface area contributed by atoms with Crippen molar-refractivity contribution in [1.29, 1.82) is 0 Å². The van der Waals surface area contributed by atoms with Gasteiger partial charge in [-0.1, -0.05) is 24.3 Å². The molecule has 0 aromatic heterocycles. The molecule has 2 rings (SSSR count). The zero-order valence-corrected chi connectivity index (χ0v) is 12.0. The van der Waals surface area contributed by atoms with E-state index in [1.807, 2.05) is 24.3 Å². The minimum Gasteiger partial charge on any atom is -0.462 e. The van der Waals surface area contributed by atoms with Crippen LogP contribution in [0.15, 0.2) is 48.8 Å². The third-order valence-corrected chi connectivity index (χ3v) is 3.08. The lowest BCUT2D eigenvalue weighted by molar-refractivity contribution is 0.0526. The van der Waals surface area contributed by atoms with Crippen molar-refractivity contribution in [2.45, 2.75) is 12.8 Å². The molecule has 0 radical (unpaired) electrons. The summed E-state index contributed by atoms with van der Waals surface area (Å²) < 4.78 is 9.62. The van der Waals surface area contributed by atoms with Gasteiger partial charge < -0.3 is 9.47 Å². The lowest BCUT2D eigenvalue weighted by atomic mass is 9.96. The van der Waals surface area contributed by atoms with E-state index in [-0.39, 0.29) is 11.9 Å². The van der Waals surface area contributed by atoms with Gasteiger partial charge in [0.05, 0.1) is 19.3 Å². The summed E-state index contributed by atoms with van der Waals surface area (Å²) in [5.41, 5.74) is 1.48. The molecule has 1 amide bonds. The SMILES string of the molecule is CCOC(=O)c1cccc(C2C=CN(C(=O)OC)C=C2)c1. The Labute approximate surface area is 123 Å². The first-order chi connectivity index (χ1) is 10.2. The maximum atomic E-state index is 11.7. The van der Waals surface area contributed by atoms with Crippen LogP contribution in [-0.4, -0.2) is 30.7 Å². The van der Waals surface area contributed by atoms with Gasteiger partial charge in [-0.2, -0.15) is 0 Å². The Hall–Kier alpha value is -2.56. The molecule has 0 N–H and O–H groups in total. The fraction of sp³-hybridized carbons (Fsp3) is 0.250. The normalized spacial score (nSPS) is 14.1. The number of carbonyl (C=O) groups is 2. The van der Waals surface area contributed by atoms with Crippen LogP contribution in [0.5, 0.6) is 0 Å². The summed E-state index contributed by atoms with van der Waals surface area (Å²) in [5, 5.41) is 0. The van der Waals surface area contributed by atoms with E-state index in [1.54, 1.807) is 31.5 Å².